The molecule has 0 bridgehead atoms. The summed E-state index contributed by atoms with van der Waals surface area (Å²) in [6, 6.07) is 13.5. The Kier molecular flexibility index (Phi) is 5.78. The maximum atomic E-state index is 13.6. The van der Waals surface area contributed by atoms with Crippen molar-refractivity contribution in [3.63, 3.8) is 0 Å². The second kappa shape index (κ2) is 8.51. The minimum Gasteiger partial charge on any atom is -0.472 e. The van der Waals surface area contributed by atoms with Gasteiger partial charge in [-0.15, -0.1) is 0 Å². The van der Waals surface area contributed by atoms with Gasteiger partial charge in [-0.1, -0.05) is 48.6 Å². The van der Waals surface area contributed by atoms with Crippen molar-refractivity contribution in [2.45, 2.75) is 40.3 Å². The predicted molar refractivity (Wildman–Crippen MR) is 123 cm³/mol. The fourth-order valence-electron chi connectivity index (χ4n) is 3.93. The molecule has 0 aliphatic heterocycles. The minimum absolute atomic E-state index is 0.00832. The second-order valence-electron chi connectivity index (χ2n) is 7.60. The van der Waals surface area contributed by atoms with Gasteiger partial charge in [-0.3, -0.25) is 14.2 Å². The van der Waals surface area contributed by atoms with Gasteiger partial charge in [-0.2, -0.15) is 5.10 Å². The van der Waals surface area contributed by atoms with Crippen LogP contribution in [0.15, 0.2) is 47.3 Å². The average Bonchev–Trinajstić information content (AvgIpc) is 3.22. The zero-order valence-corrected chi connectivity index (χ0v) is 19.0. The summed E-state index contributed by atoms with van der Waals surface area (Å²) in [4.78, 5) is 26.1. The zero-order chi connectivity index (χ0) is 22.1. The molecule has 160 valence electrons. The summed E-state index contributed by atoms with van der Waals surface area (Å²) in [6.07, 6.45) is 0.850. The molecular weight excluding hydrogens is 410 g/mol. The molecule has 4 aromatic rings. The lowest BCUT2D eigenvalue weighted by Crippen LogP contribution is -2.14. The van der Waals surface area contributed by atoms with E-state index in [0.717, 1.165) is 27.8 Å². The Balaban J connectivity index is 1.76. The van der Waals surface area contributed by atoms with Crippen LogP contribution in [0.25, 0.3) is 10.2 Å². The first-order chi connectivity index (χ1) is 14.9. The highest BCUT2D eigenvalue weighted by Gasteiger charge is 2.26. The molecule has 6 nitrogen and oxygen atoms in total. The summed E-state index contributed by atoms with van der Waals surface area (Å²) in [5.74, 6) is 0.303. The molecule has 2 heterocycles. The summed E-state index contributed by atoms with van der Waals surface area (Å²) >= 11 is 1.22. The number of hydrogen-bond acceptors (Lipinski definition) is 5. The number of aromatic nitrogens is 3. The van der Waals surface area contributed by atoms with Gasteiger partial charge in [0.05, 0.1) is 15.9 Å². The maximum Gasteiger partial charge on any atom is 0.308 e. The molecule has 0 saturated carbocycles. The van der Waals surface area contributed by atoms with E-state index in [9.17, 15) is 9.59 Å². The lowest BCUT2D eigenvalue weighted by molar-refractivity contribution is 0.103. The van der Waals surface area contributed by atoms with E-state index in [4.69, 9.17) is 4.74 Å². The Morgan fingerprint density at radius 3 is 2.58 bits per heavy atom. The number of nitrogens with zero attached hydrogens (tertiary/aromatic N) is 3. The molecule has 4 rings (SSSR count). The second-order valence-corrected chi connectivity index (χ2v) is 8.59. The number of rotatable bonds is 7. The summed E-state index contributed by atoms with van der Waals surface area (Å²) < 4.78 is 10.3. The third kappa shape index (κ3) is 3.81. The van der Waals surface area contributed by atoms with E-state index in [1.54, 1.807) is 22.4 Å². The topological polar surface area (TPSA) is 66.1 Å². The normalized spacial score (nSPS) is 11.2. The van der Waals surface area contributed by atoms with Gasteiger partial charge in [0.1, 0.15) is 12.2 Å². The van der Waals surface area contributed by atoms with Gasteiger partial charge in [0.25, 0.3) is 0 Å². The average molecular weight is 436 g/mol. The number of carbonyl (C=O) groups is 1. The van der Waals surface area contributed by atoms with Gasteiger partial charge < -0.3 is 4.74 Å². The molecule has 0 spiro atoms. The van der Waals surface area contributed by atoms with Crippen LogP contribution in [0.2, 0.25) is 0 Å². The van der Waals surface area contributed by atoms with E-state index in [2.05, 4.69) is 5.10 Å². The van der Waals surface area contributed by atoms with E-state index in [1.165, 1.54) is 11.3 Å². The molecular formula is C24H25N3O3S. The molecule has 2 aromatic heterocycles. The van der Waals surface area contributed by atoms with Crippen molar-refractivity contribution in [2.24, 2.45) is 7.05 Å². The molecule has 7 heteroatoms. The first-order valence-corrected chi connectivity index (χ1v) is 11.1. The number of ether oxygens (including phenoxy) is 1. The van der Waals surface area contributed by atoms with Crippen molar-refractivity contribution in [3.8, 4) is 5.88 Å². The van der Waals surface area contributed by atoms with E-state index >= 15 is 0 Å². The highest BCUT2D eigenvalue weighted by atomic mass is 32.1. The van der Waals surface area contributed by atoms with E-state index in [1.807, 2.05) is 57.2 Å². The van der Waals surface area contributed by atoms with Crippen LogP contribution in [0.5, 0.6) is 5.88 Å². The van der Waals surface area contributed by atoms with Gasteiger partial charge >= 0.3 is 4.87 Å². The van der Waals surface area contributed by atoms with Crippen LogP contribution < -0.4 is 9.61 Å². The van der Waals surface area contributed by atoms with Crippen molar-refractivity contribution in [3.05, 3.63) is 80.1 Å². The first-order valence-electron chi connectivity index (χ1n) is 10.3. The van der Waals surface area contributed by atoms with Crippen LogP contribution in [0.1, 0.15) is 46.1 Å². The van der Waals surface area contributed by atoms with Gasteiger partial charge in [0.2, 0.25) is 11.7 Å². The lowest BCUT2D eigenvalue weighted by atomic mass is 9.98. The summed E-state index contributed by atoms with van der Waals surface area (Å²) in [7, 11) is 1.78. The Morgan fingerprint density at radius 2 is 1.87 bits per heavy atom. The van der Waals surface area contributed by atoms with Crippen LogP contribution in [0, 0.1) is 13.8 Å². The standard InChI is InChI=1S/C24H25N3O3S/c1-5-13-27-21-15(2)18(11-12-19(21)31-24(27)29)22(28)20-16(3)25-26(4)23(20)30-14-17-9-7-6-8-10-17/h6-12H,5,13-14H2,1-4H3. The van der Waals surface area contributed by atoms with Crippen LogP contribution >= 0.6 is 11.3 Å². The lowest BCUT2D eigenvalue weighted by Gasteiger charge is -2.12. The van der Waals surface area contributed by atoms with Crippen LogP contribution in [0.3, 0.4) is 0 Å². The highest BCUT2D eigenvalue weighted by Crippen LogP contribution is 2.30. The number of benzene rings is 2. The number of ketones is 1. The Hall–Kier alpha value is -3.19. The van der Waals surface area contributed by atoms with Crippen molar-refractivity contribution in [1.82, 2.24) is 14.3 Å². The van der Waals surface area contributed by atoms with E-state index in [-0.39, 0.29) is 10.7 Å². The number of carbonyl (C=O) groups excluding carboxylic acids is 1. The largest absolute Gasteiger partial charge is 0.472 e. The van der Waals surface area contributed by atoms with Crippen LogP contribution in [0.4, 0.5) is 0 Å². The summed E-state index contributed by atoms with van der Waals surface area (Å²) in [6.45, 7) is 6.74. The molecule has 0 atom stereocenters. The van der Waals surface area contributed by atoms with Crippen molar-refractivity contribution in [2.75, 3.05) is 0 Å². The third-order valence-electron chi connectivity index (χ3n) is 5.39. The fraction of sp³-hybridized carbons (Fsp3) is 0.292. The zero-order valence-electron chi connectivity index (χ0n) is 18.1. The van der Waals surface area contributed by atoms with E-state index < -0.39 is 0 Å². The maximum absolute atomic E-state index is 13.6. The van der Waals surface area contributed by atoms with E-state index in [0.29, 0.717) is 35.9 Å². The number of fused-ring (bicyclic) bond motifs is 1. The first kappa shape index (κ1) is 21.1. The van der Waals surface area contributed by atoms with Gasteiger partial charge in [-0.05, 0) is 43.5 Å². The quantitative estimate of drug-likeness (QED) is 0.397. The molecule has 0 aliphatic carbocycles. The third-order valence-corrected chi connectivity index (χ3v) is 6.33. The smallest absolute Gasteiger partial charge is 0.308 e. The fourth-order valence-corrected chi connectivity index (χ4v) is 4.91. The van der Waals surface area contributed by atoms with Crippen molar-refractivity contribution >= 4 is 27.3 Å². The van der Waals surface area contributed by atoms with Crippen molar-refractivity contribution < 1.29 is 9.53 Å². The molecule has 2 aromatic carbocycles. The molecule has 0 unspecified atom stereocenters. The molecule has 0 radical (unpaired) electrons. The molecule has 0 saturated heterocycles. The highest BCUT2D eigenvalue weighted by molar-refractivity contribution is 7.16. The molecule has 0 fully saturated rings. The van der Waals surface area contributed by atoms with Gasteiger partial charge in [0.15, 0.2) is 0 Å². The predicted octanol–water partition coefficient (Wildman–Crippen LogP) is 4.63. The number of thiazole rings is 1. The Bertz CT molecular complexity index is 1320. The number of aryl methyl sites for hydroxylation is 4. The SMILES string of the molecule is CCCn1c(=O)sc2ccc(C(=O)c3c(C)nn(C)c3OCc3ccccc3)c(C)c21. The molecule has 0 amide bonds. The van der Waals surface area contributed by atoms with Gasteiger partial charge in [-0.25, -0.2) is 4.68 Å². The Labute approximate surface area is 184 Å². The Morgan fingerprint density at radius 1 is 1.13 bits per heavy atom. The molecule has 0 aliphatic rings. The van der Waals surface area contributed by atoms with Crippen LogP contribution in [-0.2, 0) is 20.2 Å². The number of hydrogen-bond donors (Lipinski definition) is 0. The van der Waals surface area contributed by atoms with Crippen molar-refractivity contribution in [1.29, 1.82) is 0 Å². The monoisotopic (exact) mass is 435 g/mol. The van der Waals surface area contributed by atoms with Crippen LogP contribution in [-0.4, -0.2) is 20.1 Å². The minimum atomic E-state index is -0.144. The van der Waals surface area contributed by atoms with Gasteiger partial charge in [0, 0.05) is 19.2 Å². The summed E-state index contributed by atoms with van der Waals surface area (Å²) in [5, 5.41) is 4.43. The molecule has 0 N–H and O–H groups in total. The summed E-state index contributed by atoms with van der Waals surface area (Å²) in [5.41, 5.74) is 4.31. The molecule has 31 heavy (non-hydrogen) atoms.